The van der Waals surface area contributed by atoms with Gasteiger partial charge in [0.15, 0.2) is 0 Å². The summed E-state index contributed by atoms with van der Waals surface area (Å²) in [6.45, 7) is 2.14. The molecule has 1 aromatic heterocycles. The van der Waals surface area contributed by atoms with Crippen LogP contribution in [0.15, 0.2) is 54.6 Å². The smallest absolute Gasteiger partial charge is 0.0568 e. The maximum Gasteiger partial charge on any atom is 0.0568 e. The number of hydrogen-bond acceptors (Lipinski definition) is 0. The summed E-state index contributed by atoms with van der Waals surface area (Å²) in [6.07, 6.45) is 0. The molecule has 4 aromatic rings. The summed E-state index contributed by atoms with van der Waals surface area (Å²) < 4.78 is 2.31. The standard InChI is InChI=1S/C18H15N/c1-12-7-9-14-13(11-12)8-10-16-15-5-3-4-6-17(15)19(2)18(14)16/h3-11H,1-2H3. The molecule has 0 aliphatic heterocycles. The van der Waals surface area contributed by atoms with Crippen LogP contribution in [0, 0.1) is 6.92 Å². The minimum Gasteiger partial charge on any atom is -0.343 e. The molecule has 0 atom stereocenters. The number of aromatic nitrogens is 1. The van der Waals surface area contributed by atoms with Crippen LogP contribution in [0.5, 0.6) is 0 Å². The predicted octanol–water partition coefficient (Wildman–Crippen LogP) is 4.79. The van der Waals surface area contributed by atoms with E-state index in [4.69, 9.17) is 0 Å². The second-order valence-electron chi connectivity index (χ2n) is 5.26. The molecular weight excluding hydrogens is 230 g/mol. The Kier molecular flexibility index (Phi) is 2.02. The Morgan fingerprint density at radius 3 is 2.47 bits per heavy atom. The van der Waals surface area contributed by atoms with Crippen LogP contribution in [-0.2, 0) is 7.05 Å². The average molecular weight is 245 g/mol. The second-order valence-corrected chi connectivity index (χ2v) is 5.26. The molecule has 0 saturated carbocycles. The van der Waals surface area contributed by atoms with E-state index in [1.54, 1.807) is 0 Å². The van der Waals surface area contributed by atoms with Crippen LogP contribution in [0.4, 0.5) is 0 Å². The first-order chi connectivity index (χ1) is 9.25. The predicted molar refractivity (Wildman–Crippen MR) is 82.7 cm³/mol. The van der Waals surface area contributed by atoms with Crippen molar-refractivity contribution in [3.63, 3.8) is 0 Å². The maximum atomic E-state index is 2.31. The van der Waals surface area contributed by atoms with Crippen LogP contribution in [0.25, 0.3) is 32.6 Å². The monoisotopic (exact) mass is 245 g/mol. The molecule has 0 aliphatic rings. The number of nitrogens with zero attached hydrogens (tertiary/aromatic N) is 1. The van der Waals surface area contributed by atoms with Gasteiger partial charge in [0.1, 0.15) is 0 Å². The van der Waals surface area contributed by atoms with Gasteiger partial charge in [0.05, 0.1) is 5.52 Å². The largest absolute Gasteiger partial charge is 0.343 e. The van der Waals surface area contributed by atoms with Gasteiger partial charge in [-0.05, 0) is 18.4 Å². The highest BCUT2D eigenvalue weighted by molar-refractivity contribution is 6.17. The highest BCUT2D eigenvalue weighted by Gasteiger charge is 2.10. The first-order valence-corrected chi connectivity index (χ1v) is 6.62. The van der Waals surface area contributed by atoms with Gasteiger partial charge in [-0.1, -0.05) is 54.1 Å². The van der Waals surface area contributed by atoms with Crippen molar-refractivity contribution >= 4 is 32.6 Å². The first-order valence-electron chi connectivity index (χ1n) is 6.62. The van der Waals surface area contributed by atoms with Gasteiger partial charge in [0.25, 0.3) is 0 Å². The normalized spacial score (nSPS) is 11.7. The number of rotatable bonds is 0. The van der Waals surface area contributed by atoms with Crippen LogP contribution >= 0.6 is 0 Å². The molecule has 0 spiro atoms. The Balaban J connectivity index is 2.33. The third kappa shape index (κ3) is 1.36. The summed E-state index contributed by atoms with van der Waals surface area (Å²) in [6, 6.07) is 19.8. The minimum atomic E-state index is 1.30. The number of benzene rings is 3. The quantitative estimate of drug-likeness (QED) is 0.419. The van der Waals surface area contributed by atoms with Crippen LogP contribution in [-0.4, -0.2) is 4.57 Å². The molecule has 0 fully saturated rings. The molecule has 1 nitrogen and oxygen atoms in total. The van der Waals surface area contributed by atoms with E-state index in [0.29, 0.717) is 0 Å². The molecule has 0 radical (unpaired) electrons. The number of fused-ring (bicyclic) bond motifs is 5. The molecule has 0 amide bonds. The third-order valence-electron chi connectivity index (χ3n) is 4.04. The van der Waals surface area contributed by atoms with Gasteiger partial charge in [0.2, 0.25) is 0 Å². The molecule has 1 heterocycles. The van der Waals surface area contributed by atoms with Gasteiger partial charge in [-0.3, -0.25) is 0 Å². The summed E-state index contributed by atoms with van der Waals surface area (Å²) in [4.78, 5) is 0. The fourth-order valence-corrected chi connectivity index (χ4v) is 3.13. The molecular formula is C18H15N. The van der Waals surface area contributed by atoms with Crippen molar-refractivity contribution in [3.05, 3.63) is 60.2 Å². The first kappa shape index (κ1) is 10.6. The van der Waals surface area contributed by atoms with Crippen LogP contribution in [0.3, 0.4) is 0 Å². The highest BCUT2D eigenvalue weighted by atomic mass is 14.9. The van der Waals surface area contributed by atoms with Crippen LogP contribution < -0.4 is 0 Å². The van der Waals surface area contributed by atoms with Crippen LogP contribution in [0.2, 0.25) is 0 Å². The van der Waals surface area contributed by atoms with Crippen molar-refractivity contribution in [1.29, 1.82) is 0 Å². The van der Waals surface area contributed by atoms with Crippen molar-refractivity contribution in [3.8, 4) is 0 Å². The molecule has 19 heavy (non-hydrogen) atoms. The van der Waals surface area contributed by atoms with E-state index in [2.05, 4.69) is 73.1 Å². The van der Waals surface area contributed by atoms with E-state index in [-0.39, 0.29) is 0 Å². The van der Waals surface area contributed by atoms with Gasteiger partial charge in [-0.2, -0.15) is 0 Å². The molecule has 4 rings (SSSR count). The molecule has 0 saturated heterocycles. The summed E-state index contributed by atoms with van der Waals surface area (Å²) >= 11 is 0. The lowest BCUT2D eigenvalue weighted by atomic mass is 10.0. The van der Waals surface area contributed by atoms with Crippen LogP contribution in [0.1, 0.15) is 5.56 Å². The molecule has 0 bridgehead atoms. The molecule has 92 valence electrons. The zero-order valence-corrected chi connectivity index (χ0v) is 11.1. The van der Waals surface area contributed by atoms with Crippen molar-refractivity contribution in [2.45, 2.75) is 6.92 Å². The summed E-state index contributed by atoms with van der Waals surface area (Å²) in [7, 11) is 2.16. The summed E-state index contributed by atoms with van der Waals surface area (Å²) in [5, 5.41) is 5.33. The lowest BCUT2D eigenvalue weighted by Crippen LogP contribution is -1.87. The zero-order valence-electron chi connectivity index (χ0n) is 11.1. The van der Waals surface area contributed by atoms with E-state index in [0.717, 1.165) is 0 Å². The van der Waals surface area contributed by atoms with E-state index in [1.165, 1.54) is 38.1 Å². The van der Waals surface area contributed by atoms with E-state index in [1.807, 2.05) is 0 Å². The summed E-state index contributed by atoms with van der Waals surface area (Å²) in [5.74, 6) is 0. The highest BCUT2D eigenvalue weighted by Crippen LogP contribution is 2.33. The Morgan fingerprint density at radius 1 is 0.789 bits per heavy atom. The third-order valence-corrected chi connectivity index (χ3v) is 4.04. The molecule has 1 heteroatoms. The van der Waals surface area contributed by atoms with Crippen molar-refractivity contribution < 1.29 is 0 Å². The molecule has 3 aromatic carbocycles. The van der Waals surface area contributed by atoms with Crippen molar-refractivity contribution in [2.24, 2.45) is 7.05 Å². The van der Waals surface area contributed by atoms with Crippen molar-refractivity contribution in [2.75, 3.05) is 0 Å². The Bertz CT molecular complexity index is 929. The lowest BCUT2D eigenvalue weighted by molar-refractivity contribution is 1.02. The number of hydrogen-bond donors (Lipinski definition) is 0. The average Bonchev–Trinajstić information content (AvgIpc) is 2.73. The molecule has 0 N–H and O–H groups in total. The zero-order chi connectivity index (χ0) is 13.0. The van der Waals surface area contributed by atoms with Gasteiger partial charge < -0.3 is 4.57 Å². The van der Waals surface area contributed by atoms with E-state index in [9.17, 15) is 0 Å². The maximum absolute atomic E-state index is 2.31. The van der Waals surface area contributed by atoms with Gasteiger partial charge >= 0.3 is 0 Å². The Labute approximate surface area is 112 Å². The number of para-hydroxylation sites is 1. The summed E-state index contributed by atoms with van der Waals surface area (Å²) in [5.41, 5.74) is 3.94. The molecule has 0 unspecified atom stereocenters. The minimum absolute atomic E-state index is 1.30. The SMILES string of the molecule is Cc1ccc2c(ccc3c4ccccc4n(C)c23)c1. The van der Waals surface area contributed by atoms with Gasteiger partial charge in [-0.15, -0.1) is 0 Å². The van der Waals surface area contributed by atoms with Gasteiger partial charge in [0, 0.05) is 28.7 Å². The lowest BCUT2D eigenvalue weighted by Gasteiger charge is -2.04. The van der Waals surface area contributed by atoms with Gasteiger partial charge in [-0.25, -0.2) is 0 Å². The Morgan fingerprint density at radius 2 is 1.58 bits per heavy atom. The Hall–Kier alpha value is -2.28. The fraction of sp³-hybridized carbons (Fsp3) is 0.111. The molecule has 0 aliphatic carbocycles. The second kappa shape index (κ2) is 3.61. The van der Waals surface area contributed by atoms with Crippen molar-refractivity contribution in [1.82, 2.24) is 4.57 Å². The topological polar surface area (TPSA) is 4.93 Å². The fourth-order valence-electron chi connectivity index (χ4n) is 3.13. The van der Waals surface area contributed by atoms with E-state index >= 15 is 0 Å². The van der Waals surface area contributed by atoms with E-state index < -0.39 is 0 Å². The number of aryl methyl sites for hydroxylation is 2.